The summed E-state index contributed by atoms with van der Waals surface area (Å²) in [5, 5.41) is 22.8. The molecular weight excluding hydrogens is 236 g/mol. The number of phenols is 1. The largest absolute Gasteiger partial charge is 0.502 e. The van der Waals surface area contributed by atoms with Gasteiger partial charge in [-0.05, 0) is 25.0 Å². The van der Waals surface area contributed by atoms with Crippen molar-refractivity contribution in [2.45, 2.75) is 31.7 Å². The first-order valence-corrected chi connectivity index (χ1v) is 5.86. The van der Waals surface area contributed by atoms with Crippen molar-refractivity contribution >= 4 is 11.6 Å². The van der Waals surface area contributed by atoms with E-state index in [-0.39, 0.29) is 17.5 Å². The second-order valence-corrected chi connectivity index (χ2v) is 4.42. The molecule has 1 fully saturated rings. The smallest absolute Gasteiger partial charge is 0.310 e. The van der Waals surface area contributed by atoms with E-state index in [0.29, 0.717) is 0 Å². The van der Waals surface area contributed by atoms with Crippen molar-refractivity contribution in [1.82, 2.24) is 5.32 Å². The Bertz CT molecular complexity index is 481. The number of nitro benzene ring substituents is 1. The van der Waals surface area contributed by atoms with E-state index in [0.717, 1.165) is 37.8 Å². The molecule has 6 heteroatoms. The Hall–Kier alpha value is -2.11. The number of carbonyl (C=O) groups is 1. The van der Waals surface area contributed by atoms with Crippen molar-refractivity contribution in [3.63, 3.8) is 0 Å². The lowest BCUT2D eigenvalue weighted by molar-refractivity contribution is -0.385. The summed E-state index contributed by atoms with van der Waals surface area (Å²) in [5.74, 6) is -0.786. The molecule has 0 bridgehead atoms. The highest BCUT2D eigenvalue weighted by Gasteiger charge is 2.20. The van der Waals surface area contributed by atoms with Gasteiger partial charge in [-0.1, -0.05) is 12.8 Å². The molecule has 0 spiro atoms. The Morgan fingerprint density at radius 3 is 2.61 bits per heavy atom. The number of nitro groups is 1. The molecule has 0 saturated heterocycles. The lowest BCUT2D eigenvalue weighted by atomic mass is 10.1. The van der Waals surface area contributed by atoms with E-state index in [4.69, 9.17) is 0 Å². The van der Waals surface area contributed by atoms with Gasteiger partial charge in [0.05, 0.1) is 4.92 Å². The molecule has 0 unspecified atom stereocenters. The molecule has 0 aromatic heterocycles. The van der Waals surface area contributed by atoms with Gasteiger partial charge in [0, 0.05) is 17.7 Å². The number of hydrogen-bond acceptors (Lipinski definition) is 4. The number of phenolic OH excluding ortho intramolecular Hbond substituents is 1. The minimum Gasteiger partial charge on any atom is -0.502 e. The maximum absolute atomic E-state index is 11.8. The van der Waals surface area contributed by atoms with Crippen molar-refractivity contribution in [3.05, 3.63) is 33.9 Å². The van der Waals surface area contributed by atoms with E-state index >= 15 is 0 Å². The average molecular weight is 250 g/mol. The first kappa shape index (κ1) is 12.3. The summed E-state index contributed by atoms with van der Waals surface area (Å²) in [5.41, 5.74) is -0.155. The van der Waals surface area contributed by atoms with Crippen molar-refractivity contribution in [1.29, 1.82) is 0 Å². The third-order valence-electron chi connectivity index (χ3n) is 3.12. The molecule has 2 rings (SSSR count). The molecular formula is C12H14N2O4. The van der Waals surface area contributed by atoms with Crippen molar-refractivity contribution < 1.29 is 14.8 Å². The normalized spacial score (nSPS) is 15.6. The molecule has 0 atom stereocenters. The molecule has 0 radical (unpaired) electrons. The molecule has 6 nitrogen and oxygen atoms in total. The number of benzene rings is 1. The number of carbonyl (C=O) groups excluding carboxylic acids is 1. The van der Waals surface area contributed by atoms with Crippen molar-refractivity contribution in [2.24, 2.45) is 0 Å². The minimum absolute atomic E-state index is 0.176. The molecule has 96 valence electrons. The summed E-state index contributed by atoms with van der Waals surface area (Å²) in [6.45, 7) is 0. The van der Waals surface area contributed by atoms with Crippen LogP contribution in [-0.4, -0.2) is 22.0 Å². The van der Waals surface area contributed by atoms with Gasteiger partial charge in [-0.25, -0.2) is 0 Å². The first-order chi connectivity index (χ1) is 8.58. The fourth-order valence-corrected chi connectivity index (χ4v) is 2.16. The monoisotopic (exact) mass is 250 g/mol. The average Bonchev–Trinajstić information content (AvgIpc) is 2.81. The highest BCUT2D eigenvalue weighted by atomic mass is 16.6. The molecule has 2 N–H and O–H groups in total. The van der Waals surface area contributed by atoms with Crippen LogP contribution in [0.15, 0.2) is 18.2 Å². The molecule has 1 aromatic carbocycles. The van der Waals surface area contributed by atoms with Gasteiger partial charge in [0.1, 0.15) is 0 Å². The quantitative estimate of drug-likeness (QED) is 0.633. The van der Waals surface area contributed by atoms with E-state index in [1.54, 1.807) is 0 Å². The number of rotatable bonds is 3. The Labute approximate surface area is 104 Å². The van der Waals surface area contributed by atoms with E-state index in [1.165, 1.54) is 6.07 Å². The Kier molecular flexibility index (Phi) is 3.45. The molecule has 0 heterocycles. The van der Waals surface area contributed by atoms with Gasteiger partial charge in [-0.2, -0.15) is 0 Å². The lowest BCUT2D eigenvalue weighted by Gasteiger charge is -2.11. The number of hydrogen-bond donors (Lipinski definition) is 2. The van der Waals surface area contributed by atoms with Crippen LogP contribution in [0.4, 0.5) is 5.69 Å². The van der Waals surface area contributed by atoms with Crippen LogP contribution in [0.1, 0.15) is 36.0 Å². The summed E-state index contributed by atoms with van der Waals surface area (Å²) in [4.78, 5) is 21.7. The van der Waals surface area contributed by atoms with Gasteiger partial charge < -0.3 is 10.4 Å². The standard InChI is InChI=1S/C12H14N2O4/c15-11-7-8(5-6-10(11)14(17)18)12(16)13-9-3-1-2-4-9/h5-7,9,15H,1-4H2,(H,13,16). The zero-order valence-corrected chi connectivity index (χ0v) is 9.76. The number of nitrogens with one attached hydrogen (secondary N) is 1. The second-order valence-electron chi connectivity index (χ2n) is 4.42. The highest BCUT2D eigenvalue weighted by Crippen LogP contribution is 2.26. The third kappa shape index (κ3) is 2.58. The van der Waals surface area contributed by atoms with Crippen LogP contribution in [0.2, 0.25) is 0 Å². The van der Waals surface area contributed by atoms with Gasteiger partial charge in [0.2, 0.25) is 0 Å². The lowest BCUT2D eigenvalue weighted by Crippen LogP contribution is -2.32. The van der Waals surface area contributed by atoms with Gasteiger partial charge in [0.25, 0.3) is 5.91 Å². The maximum Gasteiger partial charge on any atom is 0.310 e. The summed E-state index contributed by atoms with van der Waals surface area (Å²) in [6.07, 6.45) is 4.14. The summed E-state index contributed by atoms with van der Waals surface area (Å²) >= 11 is 0. The molecule has 0 aliphatic heterocycles. The molecule has 1 saturated carbocycles. The Balaban J connectivity index is 2.10. The van der Waals surface area contributed by atoms with Crippen LogP contribution in [-0.2, 0) is 0 Å². The third-order valence-corrected chi connectivity index (χ3v) is 3.12. The molecule has 1 aromatic rings. The number of nitrogens with zero attached hydrogens (tertiary/aromatic N) is 1. The number of amides is 1. The maximum atomic E-state index is 11.8. The zero-order chi connectivity index (χ0) is 13.1. The zero-order valence-electron chi connectivity index (χ0n) is 9.76. The summed E-state index contributed by atoms with van der Waals surface area (Å²) in [6, 6.07) is 3.79. The van der Waals surface area contributed by atoms with Gasteiger partial charge in [-0.15, -0.1) is 0 Å². The number of aromatic hydroxyl groups is 1. The molecule has 1 aliphatic rings. The highest BCUT2D eigenvalue weighted by molar-refractivity contribution is 5.95. The fraction of sp³-hybridized carbons (Fsp3) is 0.417. The Morgan fingerprint density at radius 1 is 1.39 bits per heavy atom. The van der Waals surface area contributed by atoms with Crippen LogP contribution < -0.4 is 5.32 Å². The topological polar surface area (TPSA) is 92.5 Å². The van der Waals surface area contributed by atoms with Crippen LogP contribution in [0.5, 0.6) is 5.75 Å². The van der Waals surface area contributed by atoms with E-state index < -0.39 is 16.4 Å². The fourth-order valence-electron chi connectivity index (χ4n) is 2.16. The summed E-state index contributed by atoms with van der Waals surface area (Å²) in [7, 11) is 0. The van der Waals surface area contributed by atoms with Crippen LogP contribution in [0.3, 0.4) is 0 Å². The van der Waals surface area contributed by atoms with Crippen molar-refractivity contribution in [3.8, 4) is 5.75 Å². The predicted octanol–water partition coefficient (Wildman–Crippen LogP) is 1.97. The molecule has 18 heavy (non-hydrogen) atoms. The van der Waals surface area contributed by atoms with E-state index in [2.05, 4.69) is 5.32 Å². The van der Waals surface area contributed by atoms with Gasteiger partial charge in [0.15, 0.2) is 5.75 Å². The van der Waals surface area contributed by atoms with Gasteiger partial charge in [-0.3, -0.25) is 14.9 Å². The van der Waals surface area contributed by atoms with Gasteiger partial charge >= 0.3 is 5.69 Å². The Morgan fingerprint density at radius 2 is 2.06 bits per heavy atom. The molecule has 1 amide bonds. The van der Waals surface area contributed by atoms with Crippen LogP contribution in [0, 0.1) is 10.1 Å². The predicted molar refractivity (Wildman–Crippen MR) is 64.5 cm³/mol. The van der Waals surface area contributed by atoms with Crippen molar-refractivity contribution in [2.75, 3.05) is 0 Å². The second kappa shape index (κ2) is 5.03. The van der Waals surface area contributed by atoms with Crippen LogP contribution in [0.25, 0.3) is 0 Å². The first-order valence-electron chi connectivity index (χ1n) is 5.86. The summed E-state index contributed by atoms with van der Waals surface area (Å²) < 4.78 is 0. The van der Waals surface area contributed by atoms with E-state index in [1.807, 2.05) is 0 Å². The SMILES string of the molecule is O=C(NC1CCCC1)c1ccc([N+](=O)[O-])c(O)c1. The minimum atomic E-state index is -0.687. The molecule has 1 aliphatic carbocycles. The van der Waals surface area contributed by atoms with E-state index in [9.17, 15) is 20.0 Å². The van der Waals surface area contributed by atoms with Crippen LogP contribution >= 0.6 is 0 Å².